The number of tetrazole rings is 1. The molecular formula is C12H13N5O6S. The first-order chi connectivity index (χ1) is 11.3. The van der Waals surface area contributed by atoms with Crippen LogP contribution in [0.3, 0.4) is 0 Å². The molecule has 24 heavy (non-hydrogen) atoms. The maximum absolute atomic E-state index is 12.4. The van der Waals surface area contributed by atoms with Crippen LogP contribution in [-0.2, 0) is 19.4 Å². The summed E-state index contributed by atoms with van der Waals surface area (Å²) >= 11 is 0. The average molecular weight is 355 g/mol. The highest BCUT2D eigenvalue weighted by atomic mass is 32.2. The minimum atomic E-state index is -4.03. The number of carbonyl (C=O) groups is 1. The fourth-order valence-electron chi connectivity index (χ4n) is 1.95. The summed E-state index contributed by atoms with van der Waals surface area (Å²) in [7, 11) is -2.88. The Hall–Kier alpha value is -2.89. The van der Waals surface area contributed by atoms with Gasteiger partial charge in [-0.2, -0.15) is 4.68 Å². The van der Waals surface area contributed by atoms with Gasteiger partial charge in [-0.3, -0.25) is 14.9 Å². The van der Waals surface area contributed by atoms with Crippen LogP contribution in [0.5, 0.6) is 0 Å². The number of sulfone groups is 1. The molecule has 2 aromatic rings. The monoisotopic (exact) mass is 355 g/mol. The predicted octanol–water partition coefficient (Wildman–Crippen LogP) is 0.153. The van der Waals surface area contributed by atoms with Gasteiger partial charge in [0.1, 0.15) is 0 Å². The van der Waals surface area contributed by atoms with E-state index in [-0.39, 0.29) is 11.4 Å². The van der Waals surface area contributed by atoms with E-state index in [0.717, 1.165) is 17.9 Å². The molecule has 0 saturated heterocycles. The lowest BCUT2D eigenvalue weighted by Gasteiger charge is -2.09. The van der Waals surface area contributed by atoms with Crippen molar-refractivity contribution in [1.82, 2.24) is 20.2 Å². The molecule has 0 radical (unpaired) electrons. The lowest BCUT2D eigenvalue weighted by Crippen LogP contribution is -2.24. The fraction of sp³-hybridized carbons (Fsp3) is 0.333. The molecule has 11 nitrogen and oxygen atoms in total. The van der Waals surface area contributed by atoms with Gasteiger partial charge in [0.15, 0.2) is 0 Å². The van der Waals surface area contributed by atoms with Crippen LogP contribution >= 0.6 is 0 Å². The Morgan fingerprint density at radius 3 is 2.79 bits per heavy atom. The van der Waals surface area contributed by atoms with Gasteiger partial charge in [-0.05, 0) is 16.5 Å². The lowest BCUT2D eigenvalue weighted by molar-refractivity contribution is -0.384. The van der Waals surface area contributed by atoms with Crippen molar-refractivity contribution in [2.75, 3.05) is 12.9 Å². The minimum Gasteiger partial charge on any atom is -0.469 e. The molecule has 12 heteroatoms. The number of ether oxygens (including phenoxy) is 1. The predicted molar refractivity (Wildman–Crippen MR) is 79.0 cm³/mol. The van der Waals surface area contributed by atoms with E-state index >= 15 is 0 Å². The van der Waals surface area contributed by atoms with E-state index in [4.69, 9.17) is 0 Å². The zero-order valence-corrected chi connectivity index (χ0v) is 13.5. The highest BCUT2D eigenvalue weighted by Crippen LogP contribution is 2.19. The Morgan fingerprint density at radius 1 is 1.46 bits per heavy atom. The second kappa shape index (κ2) is 6.70. The molecule has 0 aliphatic heterocycles. The van der Waals surface area contributed by atoms with Gasteiger partial charge < -0.3 is 4.74 Å². The molecule has 2 rings (SSSR count). The van der Waals surface area contributed by atoms with E-state index in [1.54, 1.807) is 0 Å². The van der Waals surface area contributed by atoms with Crippen molar-refractivity contribution in [2.24, 2.45) is 5.92 Å². The first-order valence-corrected chi connectivity index (χ1v) is 8.25. The topological polar surface area (TPSA) is 147 Å². The molecule has 0 bridgehead atoms. The largest absolute Gasteiger partial charge is 0.469 e. The van der Waals surface area contributed by atoms with Crippen LogP contribution in [0.15, 0.2) is 29.4 Å². The summed E-state index contributed by atoms with van der Waals surface area (Å²) < 4.78 is 30.2. The number of hydrogen-bond donors (Lipinski definition) is 0. The molecule has 0 amide bonds. The molecule has 1 aromatic carbocycles. The second-order valence-electron chi connectivity index (χ2n) is 4.86. The van der Waals surface area contributed by atoms with E-state index in [0.29, 0.717) is 0 Å². The van der Waals surface area contributed by atoms with Gasteiger partial charge in [-0.1, -0.05) is 18.1 Å². The Labute approximate surface area is 136 Å². The number of carbonyl (C=O) groups excluding carboxylic acids is 1. The number of methoxy groups -OCH3 is 1. The maximum atomic E-state index is 12.4. The van der Waals surface area contributed by atoms with E-state index in [9.17, 15) is 23.3 Å². The van der Waals surface area contributed by atoms with E-state index < -0.39 is 37.6 Å². The van der Waals surface area contributed by atoms with Crippen molar-refractivity contribution >= 4 is 21.5 Å². The van der Waals surface area contributed by atoms with Crippen LogP contribution in [0, 0.1) is 16.0 Å². The van der Waals surface area contributed by atoms with Crippen LogP contribution in [-0.4, -0.2) is 52.4 Å². The third-order valence-electron chi connectivity index (χ3n) is 3.08. The van der Waals surface area contributed by atoms with E-state index in [2.05, 4.69) is 20.3 Å². The number of nitro benzene ring substituents is 1. The Kier molecular flexibility index (Phi) is 4.87. The molecule has 0 N–H and O–H groups in total. The molecule has 1 aromatic heterocycles. The molecule has 0 unspecified atom stereocenters. The third kappa shape index (κ3) is 3.53. The summed E-state index contributed by atoms with van der Waals surface area (Å²) in [5.74, 6) is -2.17. The smallest absolute Gasteiger partial charge is 0.309 e. The number of non-ortho nitro benzene ring substituents is 1. The van der Waals surface area contributed by atoms with E-state index in [1.165, 1.54) is 25.1 Å². The van der Waals surface area contributed by atoms with Crippen LogP contribution in [0.2, 0.25) is 0 Å². The van der Waals surface area contributed by atoms with Gasteiger partial charge in [0.2, 0.25) is 9.84 Å². The maximum Gasteiger partial charge on any atom is 0.309 e. The van der Waals surface area contributed by atoms with Crippen LogP contribution < -0.4 is 0 Å². The van der Waals surface area contributed by atoms with Crippen molar-refractivity contribution < 1.29 is 22.9 Å². The summed E-state index contributed by atoms with van der Waals surface area (Å²) in [5, 5.41) is 20.7. The fourth-order valence-corrected chi connectivity index (χ4v) is 3.46. The number of rotatable bonds is 6. The van der Waals surface area contributed by atoms with Crippen molar-refractivity contribution in [3.05, 3.63) is 34.4 Å². The van der Waals surface area contributed by atoms with Gasteiger partial charge in [-0.15, -0.1) is 0 Å². The highest BCUT2D eigenvalue weighted by Gasteiger charge is 2.29. The zero-order valence-electron chi connectivity index (χ0n) is 12.7. The van der Waals surface area contributed by atoms with Crippen molar-refractivity contribution in [3.8, 4) is 5.69 Å². The second-order valence-corrected chi connectivity index (χ2v) is 6.78. The van der Waals surface area contributed by atoms with Crippen molar-refractivity contribution in [2.45, 2.75) is 12.1 Å². The molecule has 0 aliphatic carbocycles. The van der Waals surface area contributed by atoms with Crippen LogP contribution in [0.25, 0.3) is 5.69 Å². The van der Waals surface area contributed by atoms with Gasteiger partial charge in [0.05, 0.1) is 29.4 Å². The number of benzene rings is 1. The summed E-state index contributed by atoms with van der Waals surface area (Å²) in [6.07, 6.45) is 0. The number of esters is 1. The third-order valence-corrected chi connectivity index (χ3v) is 4.83. The van der Waals surface area contributed by atoms with Crippen LogP contribution in [0.1, 0.15) is 6.92 Å². The van der Waals surface area contributed by atoms with Gasteiger partial charge >= 0.3 is 5.97 Å². The lowest BCUT2D eigenvalue weighted by atomic mass is 10.2. The minimum absolute atomic E-state index is 0.110. The van der Waals surface area contributed by atoms with Gasteiger partial charge in [0.25, 0.3) is 10.8 Å². The first kappa shape index (κ1) is 17.5. The summed E-state index contributed by atoms with van der Waals surface area (Å²) in [5.41, 5.74) is -0.132. The molecule has 128 valence electrons. The molecular weight excluding hydrogens is 342 g/mol. The quantitative estimate of drug-likeness (QED) is 0.401. The standard InChI is InChI=1S/C12H13N5O6S/c1-8(11(18)23-2)7-24(21,22)12-13-14-15-16(12)9-4-3-5-10(6-9)17(19)20/h3-6,8H,7H2,1-2H3/t8-/m1/s1. The van der Waals surface area contributed by atoms with Crippen molar-refractivity contribution in [1.29, 1.82) is 0 Å². The number of nitro groups is 1. The summed E-state index contributed by atoms with van der Waals surface area (Å²) in [6, 6.07) is 5.19. The normalized spacial score (nSPS) is 12.6. The number of hydrogen-bond acceptors (Lipinski definition) is 9. The van der Waals surface area contributed by atoms with Gasteiger partial charge in [-0.25, -0.2) is 8.42 Å². The molecule has 1 atom stereocenters. The molecule has 0 saturated carbocycles. The molecule has 0 fully saturated rings. The van der Waals surface area contributed by atoms with E-state index in [1.807, 2.05) is 0 Å². The first-order valence-electron chi connectivity index (χ1n) is 6.60. The highest BCUT2D eigenvalue weighted by molar-refractivity contribution is 7.91. The molecule has 0 spiro atoms. The summed E-state index contributed by atoms with van der Waals surface area (Å²) in [6.45, 7) is 1.39. The van der Waals surface area contributed by atoms with Gasteiger partial charge in [0, 0.05) is 12.1 Å². The van der Waals surface area contributed by atoms with Crippen molar-refractivity contribution in [3.63, 3.8) is 0 Å². The molecule has 0 aliphatic rings. The van der Waals surface area contributed by atoms with Crippen LogP contribution in [0.4, 0.5) is 5.69 Å². The number of nitrogens with zero attached hydrogens (tertiary/aromatic N) is 5. The Morgan fingerprint density at radius 2 is 2.17 bits per heavy atom. The molecule has 1 heterocycles. The Bertz CT molecular complexity index is 878. The Balaban J connectivity index is 2.41. The number of aromatic nitrogens is 4. The summed E-state index contributed by atoms with van der Waals surface area (Å²) in [4.78, 5) is 21.6. The SMILES string of the molecule is COC(=O)[C@H](C)CS(=O)(=O)c1nnnn1-c1cccc([N+](=O)[O-])c1. The average Bonchev–Trinajstić information content (AvgIpc) is 3.04. The zero-order chi connectivity index (χ0) is 17.9.